The van der Waals surface area contributed by atoms with Gasteiger partial charge >= 0.3 is 0 Å². The molecule has 146 valence electrons. The van der Waals surface area contributed by atoms with E-state index in [4.69, 9.17) is 10.5 Å². The topological polar surface area (TPSA) is 35.2 Å². The van der Waals surface area contributed by atoms with Crippen LogP contribution >= 0.6 is 0 Å². The van der Waals surface area contributed by atoms with Crippen LogP contribution in [-0.4, -0.2) is 6.54 Å². The first-order chi connectivity index (χ1) is 12.9. The highest BCUT2D eigenvalue weighted by atomic mass is 19.2. The van der Waals surface area contributed by atoms with Gasteiger partial charge in [0.1, 0.15) is 6.61 Å². The normalized spacial score (nSPS) is 19.9. The Morgan fingerprint density at radius 2 is 1.37 bits per heavy atom. The van der Waals surface area contributed by atoms with E-state index in [0.717, 1.165) is 37.8 Å². The zero-order valence-corrected chi connectivity index (χ0v) is 14.6. The van der Waals surface area contributed by atoms with Gasteiger partial charge in [-0.1, -0.05) is 0 Å². The molecule has 0 amide bonds. The summed E-state index contributed by atoms with van der Waals surface area (Å²) in [5.41, 5.74) is 6.15. The van der Waals surface area contributed by atoms with E-state index in [-0.39, 0.29) is 11.5 Å². The van der Waals surface area contributed by atoms with E-state index in [1.165, 1.54) is 12.1 Å². The van der Waals surface area contributed by atoms with Crippen LogP contribution in [-0.2, 0) is 6.61 Å². The van der Waals surface area contributed by atoms with Crippen molar-refractivity contribution in [3.63, 3.8) is 0 Å². The highest BCUT2D eigenvalue weighted by molar-refractivity contribution is 5.34. The lowest BCUT2D eigenvalue weighted by molar-refractivity contribution is 0.271. The summed E-state index contributed by atoms with van der Waals surface area (Å²) in [6, 6.07) is 3.91. The van der Waals surface area contributed by atoms with Gasteiger partial charge in [0.05, 0.1) is 0 Å². The van der Waals surface area contributed by atoms with Crippen molar-refractivity contribution in [1.82, 2.24) is 0 Å². The molecule has 1 aliphatic carbocycles. The van der Waals surface area contributed by atoms with Crippen molar-refractivity contribution in [2.75, 3.05) is 6.54 Å². The second-order valence-corrected chi connectivity index (χ2v) is 6.93. The van der Waals surface area contributed by atoms with Crippen LogP contribution in [0.5, 0.6) is 5.75 Å². The molecule has 0 atom stereocenters. The maximum atomic E-state index is 14.3. The lowest BCUT2D eigenvalue weighted by Gasteiger charge is -2.28. The van der Waals surface area contributed by atoms with Crippen molar-refractivity contribution < 1.29 is 26.7 Å². The monoisotopic (exact) mass is 385 g/mol. The minimum atomic E-state index is -1.61. The molecule has 2 aromatic rings. The maximum Gasteiger partial charge on any atom is 0.194 e. The molecule has 2 aromatic carbocycles. The number of benzene rings is 2. The molecule has 0 saturated heterocycles. The summed E-state index contributed by atoms with van der Waals surface area (Å²) in [5, 5.41) is 0. The molecule has 0 spiro atoms. The van der Waals surface area contributed by atoms with Crippen LogP contribution in [0.2, 0.25) is 0 Å². The second kappa shape index (κ2) is 8.25. The average Bonchev–Trinajstić information content (AvgIpc) is 2.65. The minimum absolute atomic E-state index is 0.0612. The molecule has 1 fully saturated rings. The quantitative estimate of drug-likeness (QED) is 0.568. The van der Waals surface area contributed by atoms with E-state index in [0.29, 0.717) is 18.0 Å². The first-order valence-electron chi connectivity index (χ1n) is 8.84. The number of ether oxygens (including phenoxy) is 1. The highest BCUT2D eigenvalue weighted by Crippen LogP contribution is 2.37. The summed E-state index contributed by atoms with van der Waals surface area (Å²) in [6.07, 6.45) is 3.47. The van der Waals surface area contributed by atoms with Gasteiger partial charge in [-0.15, -0.1) is 0 Å². The fourth-order valence-electron chi connectivity index (χ4n) is 3.53. The van der Waals surface area contributed by atoms with E-state index in [2.05, 4.69) is 0 Å². The van der Waals surface area contributed by atoms with Gasteiger partial charge in [0.15, 0.2) is 34.8 Å². The molecule has 3 rings (SSSR count). The lowest BCUT2D eigenvalue weighted by Crippen LogP contribution is -2.20. The van der Waals surface area contributed by atoms with Gasteiger partial charge in [-0.3, -0.25) is 0 Å². The Morgan fingerprint density at radius 1 is 0.815 bits per heavy atom. The smallest absolute Gasteiger partial charge is 0.194 e. The minimum Gasteiger partial charge on any atom is -0.483 e. The molecule has 0 heterocycles. The summed E-state index contributed by atoms with van der Waals surface area (Å²) in [6.45, 7) is 0.121. The van der Waals surface area contributed by atoms with Crippen LogP contribution in [0.3, 0.4) is 0 Å². The molecular weight excluding hydrogens is 365 g/mol. The summed E-state index contributed by atoms with van der Waals surface area (Å²) >= 11 is 0. The predicted molar refractivity (Wildman–Crippen MR) is 90.8 cm³/mol. The molecule has 0 radical (unpaired) electrons. The Hall–Kier alpha value is -2.15. The molecule has 0 aliphatic heterocycles. The van der Waals surface area contributed by atoms with E-state index < -0.39 is 41.4 Å². The summed E-state index contributed by atoms with van der Waals surface area (Å²) < 4.78 is 73.1. The van der Waals surface area contributed by atoms with Gasteiger partial charge in [-0.25, -0.2) is 22.0 Å². The van der Waals surface area contributed by atoms with Crippen LogP contribution in [0, 0.1) is 35.0 Å². The molecule has 0 unspecified atom stereocenters. The molecule has 1 aliphatic rings. The number of nitrogens with two attached hydrogens (primary N) is 1. The lowest BCUT2D eigenvalue weighted by atomic mass is 9.78. The molecule has 0 bridgehead atoms. The summed E-state index contributed by atoms with van der Waals surface area (Å²) in [4.78, 5) is 0. The Bertz CT molecular complexity index is 772. The Balaban J connectivity index is 1.72. The van der Waals surface area contributed by atoms with E-state index >= 15 is 0 Å². The molecule has 7 heteroatoms. The third-order valence-corrected chi connectivity index (χ3v) is 5.10. The van der Waals surface area contributed by atoms with Crippen LogP contribution in [0.4, 0.5) is 22.0 Å². The van der Waals surface area contributed by atoms with E-state index in [1.54, 1.807) is 0 Å². The fourth-order valence-corrected chi connectivity index (χ4v) is 3.53. The van der Waals surface area contributed by atoms with Crippen molar-refractivity contribution in [2.24, 2.45) is 11.7 Å². The molecule has 27 heavy (non-hydrogen) atoms. The predicted octanol–water partition coefficient (Wildman–Crippen LogP) is 5.19. The number of hydrogen-bond acceptors (Lipinski definition) is 2. The van der Waals surface area contributed by atoms with Crippen molar-refractivity contribution in [1.29, 1.82) is 0 Å². The molecule has 2 N–H and O–H groups in total. The first-order valence-corrected chi connectivity index (χ1v) is 8.84. The van der Waals surface area contributed by atoms with E-state index in [1.807, 2.05) is 0 Å². The van der Waals surface area contributed by atoms with Crippen LogP contribution in [0.1, 0.15) is 42.7 Å². The molecule has 2 nitrogen and oxygen atoms in total. The van der Waals surface area contributed by atoms with Crippen molar-refractivity contribution in [3.05, 3.63) is 64.5 Å². The van der Waals surface area contributed by atoms with Gasteiger partial charge in [-0.2, -0.15) is 0 Å². The molecular formula is C20H20F5NO. The molecule has 0 aromatic heterocycles. The van der Waals surface area contributed by atoms with Crippen molar-refractivity contribution in [2.45, 2.75) is 38.2 Å². The number of hydrogen-bond donors (Lipinski definition) is 1. The first kappa shape index (κ1) is 19.6. The third kappa shape index (κ3) is 4.40. The Kier molecular flexibility index (Phi) is 5.99. The molecule has 1 saturated carbocycles. The zero-order chi connectivity index (χ0) is 19.6. The van der Waals surface area contributed by atoms with E-state index in [9.17, 15) is 22.0 Å². The standard InChI is InChI=1S/C20H20F5NO/c21-15-5-12(6-16(22)19(15)25)10-27-20-17(23)7-14(8-18(20)24)13-3-1-11(9-26)2-4-13/h5-8,11,13H,1-4,9-10,26H2. The average molecular weight is 385 g/mol. The van der Waals surface area contributed by atoms with Crippen molar-refractivity contribution >= 4 is 0 Å². The van der Waals surface area contributed by atoms with Gasteiger partial charge in [0.25, 0.3) is 0 Å². The summed E-state index contributed by atoms with van der Waals surface area (Å²) in [7, 11) is 0. The highest BCUT2D eigenvalue weighted by Gasteiger charge is 2.24. The SMILES string of the molecule is NCC1CCC(c2cc(F)c(OCc3cc(F)c(F)c(F)c3)c(F)c2)CC1. The second-order valence-electron chi connectivity index (χ2n) is 6.93. The third-order valence-electron chi connectivity index (χ3n) is 5.10. The van der Waals surface area contributed by atoms with Crippen LogP contribution < -0.4 is 10.5 Å². The van der Waals surface area contributed by atoms with Gasteiger partial charge in [0, 0.05) is 0 Å². The largest absolute Gasteiger partial charge is 0.483 e. The van der Waals surface area contributed by atoms with Gasteiger partial charge < -0.3 is 10.5 Å². The van der Waals surface area contributed by atoms with Crippen molar-refractivity contribution in [3.8, 4) is 5.75 Å². The number of halogens is 5. The maximum absolute atomic E-state index is 14.3. The number of rotatable bonds is 5. The van der Waals surface area contributed by atoms with Crippen LogP contribution in [0.25, 0.3) is 0 Å². The Labute approximate surface area is 154 Å². The fraction of sp³-hybridized carbons (Fsp3) is 0.400. The van der Waals surface area contributed by atoms with Gasteiger partial charge in [-0.05, 0) is 79.5 Å². The summed E-state index contributed by atoms with van der Waals surface area (Å²) in [5.74, 6) is -6.26. The zero-order valence-electron chi connectivity index (χ0n) is 14.6. The van der Waals surface area contributed by atoms with Crippen LogP contribution in [0.15, 0.2) is 24.3 Å². The Morgan fingerprint density at radius 3 is 1.89 bits per heavy atom. The van der Waals surface area contributed by atoms with Gasteiger partial charge in [0.2, 0.25) is 0 Å².